The Balaban J connectivity index is 1.20. The summed E-state index contributed by atoms with van der Waals surface area (Å²) in [6, 6.07) is 2.80. The van der Waals surface area contributed by atoms with Gasteiger partial charge in [0, 0.05) is 48.7 Å². The molecule has 3 fully saturated rings. The van der Waals surface area contributed by atoms with E-state index in [4.69, 9.17) is 12.2 Å². The van der Waals surface area contributed by atoms with Gasteiger partial charge in [-0.2, -0.15) is 0 Å². The van der Waals surface area contributed by atoms with Crippen molar-refractivity contribution in [2.24, 2.45) is 5.92 Å². The maximum Gasteiger partial charge on any atom is 0.353 e. The second kappa shape index (κ2) is 10.6. The van der Waals surface area contributed by atoms with Crippen LogP contribution in [0.4, 0.5) is 10.1 Å². The number of carbonyl (C=O) groups excluding carboxylic acids is 1. The van der Waals surface area contributed by atoms with Gasteiger partial charge < -0.3 is 24.8 Å². The van der Waals surface area contributed by atoms with Crippen LogP contribution >= 0.6 is 24.0 Å². The summed E-state index contributed by atoms with van der Waals surface area (Å²) in [7, 11) is 0. The van der Waals surface area contributed by atoms with E-state index in [-0.39, 0.29) is 29.2 Å². The molecule has 0 spiro atoms. The highest BCUT2D eigenvalue weighted by Gasteiger charge is 2.57. The number of carboxylic acid groups (broad SMARTS) is 2. The quantitative estimate of drug-likeness (QED) is 0.278. The summed E-state index contributed by atoms with van der Waals surface area (Å²) in [6.07, 6.45) is 2.15. The SMILES string of the molecule is C[C@@H](O)[C@@H]1C(=O)N2C(C(=O)O)=C(CN(C=S)N3CCN(c4cc5c(cc4F)c(=O)c(C(=O)O)cn5C4CC4)CC3)S[C@H]12. The first-order chi connectivity index (χ1) is 20.0. The minimum Gasteiger partial charge on any atom is -0.477 e. The number of aromatic nitrogens is 1. The van der Waals surface area contributed by atoms with Crippen LogP contribution in [-0.2, 0) is 9.59 Å². The van der Waals surface area contributed by atoms with E-state index in [1.807, 2.05) is 9.91 Å². The van der Waals surface area contributed by atoms with E-state index in [0.29, 0.717) is 42.3 Å². The third-order valence-electron chi connectivity index (χ3n) is 8.23. The van der Waals surface area contributed by atoms with Gasteiger partial charge in [0.25, 0.3) is 0 Å². The molecule has 1 aromatic carbocycles. The van der Waals surface area contributed by atoms with E-state index in [1.165, 1.54) is 35.3 Å². The largest absolute Gasteiger partial charge is 0.477 e. The summed E-state index contributed by atoms with van der Waals surface area (Å²) in [6.45, 7) is 3.31. The summed E-state index contributed by atoms with van der Waals surface area (Å²) in [5.74, 6) is -4.28. The number of aliphatic hydroxyl groups is 1. The normalized spacial score (nSPS) is 23.2. The topological polar surface area (TPSA) is 147 Å². The number of hydrazine groups is 1. The number of β-lactam (4-membered cyclic amide) rings is 1. The Morgan fingerprint density at radius 1 is 1.17 bits per heavy atom. The summed E-state index contributed by atoms with van der Waals surface area (Å²) < 4.78 is 17.1. The van der Waals surface area contributed by atoms with Crippen molar-refractivity contribution in [1.29, 1.82) is 0 Å². The molecule has 2 aromatic rings. The number of aromatic carboxylic acids is 1. The first-order valence-electron chi connectivity index (χ1n) is 13.5. The summed E-state index contributed by atoms with van der Waals surface area (Å²) >= 11 is 6.49. The van der Waals surface area contributed by atoms with Gasteiger partial charge in [-0.25, -0.2) is 19.0 Å². The molecule has 0 bridgehead atoms. The number of anilines is 1. The number of halogens is 1. The van der Waals surface area contributed by atoms with E-state index >= 15 is 4.39 Å². The van der Waals surface area contributed by atoms with Crippen molar-refractivity contribution in [2.45, 2.75) is 37.3 Å². The number of carbonyl (C=O) groups is 3. The Morgan fingerprint density at radius 3 is 2.43 bits per heavy atom. The van der Waals surface area contributed by atoms with Crippen LogP contribution in [0, 0.1) is 11.7 Å². The number of piperazine rings is 1. The van der Waals surface area contributed by atoms with Gasteiger partial charge >= 0.3 is 11.9 Å². The minimum atomic E-state index is -1.35. The molecule has 42 heavy (non-hydrogen) atoms. The Hall–Kier alpha value is -3.53. The number of hydrogen-bond acceptors (Lipinski definition) is 9. The van der Waals surface area contributed by atoms with Gasteiger partial charge in [0.1, 0.15) is 22.5 Å². The third-order valence-corrected chi connectivity index (χ3v) is 9.83. The van der Waals surface area contributed by atoms with E-state index < -0.39 is 46.5 Å². The predicted octanol–water partition coefficient (Wildman–Crippen LogP) is 1.68. The van der Waals surface area contributed by atoms with Crippen molar-refractivity contribution >= 4 is 63.9 Å². The molecule has 0 unspecified atom stereocenters. The van der Waals surface area contributed by atoms with Gasteiger partial charge in [0.15, 0.2) is 0 Å². The highest BCUT2D eigenvalue weighted by molar-refractivity contribution is 8.04. The van der Waals surface area contributed by atoms with Gasteiger partial charge in [0.2, 0.25) is 11.3 Å². The zero-order chi connectivity index (χ0) is 30.0. The van der Waals surface area contributed by atoms with E-state index in [0.717, 1.165) is 18.9 Å². The Bertz CT molecular complexity index is 1620. The summed E-state index contributed by atoms with van der Waals surface area (Å²) in [4.78, 5) is 52.5. The smallest absolute Gasteiger partial charge is 0.353 e. The fourth-order valence-corrected chi connectivity index (χ4v) is 7.73. The van der Waals surface area contributed by atoms with Crippen molar-refractivity contribution in [1.82, 2.24) is 19.5 Å². The number of carboxylic acids is 2. The molecule has 1 aromatic heterocycles. The second-order valence-electron chi connectivity index (χ2n) is 10.8. The molecule has 2 saturated heterocycles. The van der Waals surface area contributed by atoms with Crippen LogP contribution in [0.25, 0.3) is 10.9 Å². The van der Waals surface area contributed by atoms with Crippen molar-refractivity contribution in [3.05, 3.63) is 50.5 Å². The maximum atomic E-state index is 15.4. The fraction of sp³-hybridized carbons (Fsp3) is 0.444. The highest BCUT2D eigenvalue weighted by Crippen LogP contribution is 2.50. The lowest BCUT2D eigenvalue weighted by atomic mass is 9.92. The molecule has 4 heterocycles. The average Bonchev–Trinajstić information content (AvgIpc) is 3.73. The molecule has 3 atom stereocenters. The zero-order valence-electron chi connectivity index (χ0n) is 22.5. The van der Waals surface area contributed by atoms with Gasteiger partial charge in [-0.1, -0.05) is 24.0 Å². The van der Waals surface area contributed by atoms with E-state index in [2.05, 4.69) is 0 Å². The average molecular weight is 618 g/mol. The molecular formula is C27H28FN5O7S2. The van der Waals surface area contributed by atoms with Crippen molar-refractivity contribution in [2.75, 3.05) is 37.6 Å². The molecule has 6 rings (SSSR count). The number of pyridine rings is 1. The number of nitrogens with zero attached hydrogens (tertiary/aromatic N) is 5. The molecule has 15 heteroatoms. The van der Waals surface area contributed by atoms with Crippen LogP contribution in [0.5, 0.6) is 0 Å². The number of aliphatic carboxylic acids is 1. The molecule has 4 aliphatic rings. The molecule has 3 aliphatic heterocycles. The Kier molecular flexibility index (Phi) is 7.23. The molecule has 1 amide bonds. The monoisotopic (exact) mass is 617 g/mol. The van der Waals surface area contributed by atoms with Crippen LogP contribution in [0.3, 0.4) is 0 Å². The third kappa shape index (κ3) is 4.64. The van der Waals surface area contributed by atoms with Crippen LogP contribution in [0.15, 0.2) is 33.7 Å². The number of thiocarbonyl (C=S) groups is 1. The molecule has 222 valence electrons. The highest BCUT2D eigenvalue weighted by atomic mass is 32.2. The van der Waals surface area contributed by atoms with Crippen LogP contribution in [0.1, 0.15) is 36.2 Å². The van der Waals surface area contributed by atoms with Crippen molar-refractivity contribution < 1.29 is 34.1 Å². The molecule has 3 N–H and O–H groups in total. The number of hydrogen-bond donors (Lipinski definition) is 3. The molecule has 1 aliphatic carbocycles. The number of fused-ring (bicyclic) bond motifs is 2. The summed E-state index contributed by atoms with van der Waals surface area (Å²) in [5.41, 5.74) is 1.02. The summed E-state index contributed by atoms with van der Waals surface area (Å²) in [5, 5.41) is 32.5. The predicted molar refractivity (Wildman–Crippen MR) is 156 cm³/mol. The second-order valence-corrected chi connectivity index (χ2v) is 12.3. The lowest BCUT2D eigenvalue weighted by Crippen LogP contribution is -2.60. The number of aliphatic hydroxyl groups excluding tert-OH is 1. The first kappa shape index (κ1) is 28.6. The molecule has 1 saturated carbocycles. The number of benzene rings is 1. The number of amides is 1. The Labute approximate surface area is 248 Å². The van der Waals surface area contributed by atoms with Crippen LogP contribution in [-0.4, -0.2) is 102 Å². The molecule has 12 nitrogen and oxygen atoms in total. The first-order valence-corrected chi connectivity index (χ1v) is 14.8. The van der Waals surface area contributed by atoms with Crippen molar-refractivity contribution in [3.8, 4) is 0 Å². The van der Waals surface area contributed by atoms with Gasteiger partial charge in [-0.3, -0.25) is 19.5 Å². The van der Waals surface area contributed by atoms with Crippen molar-refractivity contribution in [3.63, 3.8) is 0 Å². The number of thioether (sulfide) groups is 1. The lowest BCUT2D eigenvalue weighted by Gasteiger charge is -2.43. The maximum absolute atomic E-state index is 15.4. The Morgan fingerprint density at radius 2 is 1.86 bits per heavy atom. The molecule has 0 radical (unpaired) electrons. The minimum absolute atomic E-state index is 0.0335. The molecular weight excluding hydrogens is 589 g/mol. The van der Waals surface area contributed by atoms with E-state index in [1.54, 1.807) is 15.6 Å². The van der Waals surface area contributed by atoms with Crippen LogP contribution < -0.4 is 10.3 Å². The van der Waals surface area contributed by atoms with Gasteiger partial charge in [0.05, 0.1) is 35.3 Å². The fourth-order valence-electron chi connectivity index (χ4n) is 5.92. The lowest BCUT2D eigenvalue weighted by molar-refractivity contribution is -0.156. The van der Waals surface area contributed by atoms with Gasteiger partial charge in [-0.05, 0) is 31.9 Å². The van der Waals surface area contributed by atoms with E-state index in [9.17, 15) is 34.5 Å². The number of rotatable bonds is 9. The zero-order valence-corrected chi connectivity index (χ0v) is 24.1. The standard InChI is InChI=1S/C27H28FN5O7S2/c1-13(34)21-24(36)33-22(27(39)40)20(42-25(21)33)11-31(12-41)30-6-4-29(5-7-30)19-9-18-15(8-17(19)28)23(35)16(26(37)38)10-32(18)14-2-3-14/h8-10,12-14,21,25,34H,2-7,11H2,1H3,(H,37,38)(H,39,40)/t13-,21-,25-/m1/s1. The van der Waals surface area contributed by atoms with Gasteiger partial charge in [-0.15, -0.1) is 0 Å². The van der Waals surface area contributed by atoms with Crippen LogP contribution in [0.2, 0.25) is 0 Å².